The van der Waals surface area contributed by atoms with E-state index in [1.165, 1.54) is 31.2 Å². The van der Waals surface area contributed by atoms with Crippen LogP contribution in [-0.2, 0) is 0 Å². The average Bonchev–Trinajstić information content (AvgIpc) is 2.47. The highest BCUT2D eigenvalue weighted by atomic mass is 14.8. The van der Waals surface area contributed by atoms with Gasteiger partial charge in [0.1, 0.15) is 0 Å². The molecule has 114 valence electrons. The quantitative estimate of drug-likeness (QED) is 0.411. The minimum Gasteiger partial charge on any atom is -0.352 e. The third-order valence-electron chi connectivity index (χ3n) is 3.43. The van der Waals surface area contributed by atoms with E-state index in [2.05, 4.69) is 56.9 Å². The van der Waals surface area contributed by atoms with Gasteiger partial charge in [-0.05, 0) is 25.3 Å². The highest BCUT2D eigenvalue weighted by Crippen LogP contribution is 2.04. The molecule has 0 aromatic heterocycles. The van der Waals surface area contributed by atoms with E-state index in [0.717, 1.165) is 25.1 Å². The summed E-state index contributed by atoms with van der Waals surface area (Å²) in [6.45, 7) is 12.4. The van der Waals surface area contributed by atoms with Crippen LogP contribution in [-0.4, -0.2) is 19.6 Å². The first-order valence-electron chi connectivity index (χ1n) is 8.29. The van der Waals surface area contributed by atoms with Gasteiger partial charge in [0, 0.05) is 18.5 Å². The molecule has 0 spiro atoms. The Morgan fingerprint density at radius 2 is 1.95 bits per heavy atom. The minimum atomic E-state index is 0.584. The lowest BCUT2D eigenvalue weighted by atomic mass is 9.61. The van der Waals surface area contributed by atoms with Crippen LogP contribution in [0.2, 0.25) is 13.1 Å². The molecule has 1 N–H and O–H groups in total. The fraction of sp³-hybridized carbons (Fsp3) is 0.706. The lowest BCUT2D eigenvalue weighted by Gasteiger charge is -2.10. The van der Waals surface area contributed by atoms with Crippen molar-refractivity contribution in [1.29, 1.82) is 0 Å². The van der Waals surface area contributed by atoms with Crippen LogP contribution in [0.15, 0.2) is 28.4 Å². The van der Waals surface area contributed by atoms with Crippen molar-refractivity contribution in [3.8, 4) is 0 Å². The molecule has 0 fully saturated rings. The lowest BCUT2D eigenvalue weighted by Crippen LogP contribution is -2.32. The molecule has 2 nitrogen and oxygen atoms in total. The number of hydrogen-bond donors (Lipinski definition) is 1. The van der Waals surface area contributed by atoms with Gasteiger partial charge in [0.2, 0.25) is 6.85 Å². The Balaban J connectivity index is 4.43. The van der Waals surface area contributed by atoms with E-state index in [-0.39, 0.29) is 0 Å². The van der Waals surface area contributed by atoms with E-state index in [1.54, 1.807) is 0 Å². The molecule has 3 heteroatoms. The SMILES string of the molecule is C\C=C(CC)/N=C\C(=C\CCC)CNB(C)CCCC. The third-order valence-corrected chi connectivity index (χ3v) is 3.43. The van der Waals surface area contributed by atoms with Crippen molar-refractivity contribution in [3.05, 3.63) is 23.4 Å². The number of aliphatic imine (C=N–C) groups is 1. The van der Waals surface area contributed by atoms with Crippen molar-refractivity contribution in [2.45, 2.75) is 72.9 Å². The molecule has 0 unspecified atom stereocenters. The molecule has 0 amide bonds. The first-order valence-corrected chi connectivity index (χ1v) is 8.29. The zero-order chi connectivity index (χ0) is 15.2. The van der Waals surface area contributed by atoms with Gasteiger partial charge in [0.05, 0.1) is 0 Å². The first kappa shape index (κ1) is 19.2. The largest absolute Gasteiger partial charge is 0.352 e. The van der Waals surface area contributed by atoms with Gasteiger partial charge in [0.25, 0.3) is 0 Å². The van der Waals surface area contributed by atoms with Crippen LogP contribution in [0.1, 0.15) is 59.8 Å². The zero-order valence-electron chi connectivity index (χ0n) is 14.2. The van der Waals surface area contributed by atoms with E-state index in [9.17, 15) is 0 Å². The number of nitrogens with one attached hydrogen (secondary N) is 1. The summed E-state index contributed by atoms with van der Waals surface area (Å²) >= 11 is 0. The number of unbranched alkanes of at least 4 members (excludes halogenated alkanes) is 2. The number of nitrogens with zero attached hydrogens (tertiary/aromatic N) is 1. The molecule has 0 aliphatic carbocycles. The Bertz CT molecular complexity index is 319. The highest BCUT2D eigenvalue weighted by Gasteiger charge is 2.05. The topological polar surface area (TPSA) is 24.4 Å². The van der Waals surface area contributed by atoms with Crippen molar-refractivity contribution < 1.29 is 0 Å². The molecule has 20 heavy (non-hydrogen) atoms. The molecule has 0 aromatic rings. The van der Waals surface area contributed by atoms with Gasteiger partial charge < -0.3 is 5.23 Å². The summed E-state index contributed by atoms with van der Waals surface area (Å²) in [5.74, 6) is 0. The van der Waals surface area contributed by atoms with Gasteiger partial charge in [-0.1, -0.05) is 65.3 Å². The summed E-state index contributed by atoms with van der Waals surface area (Å²) in [5, 5.41) is 3.61. The fourth-order valence-corrected chi connectivity index (χ4v) is 1.94. The second-order valence-corrected chi connectivity index (χ2v) is 5.38. The monoisotopic (exact) mass is 276 g/mol. The van der Waals surface area contributed by atoms with Crippen molar-refractivity contribution in [2.24, 2.45) is 4.99 Å². The summed E-state index contributed by atoms with van der Waals surface area (Å²) in [4.78, 5) is 4.58. The van der Waals surface area contributed by atoms with Crippen molar-refractivity contribution in [1.82, 2.24) is 5.23 Å². The zero-order valence-corrected chi connectivity index (χ0v) is 14.2. The van der Waals surface area contributed by atoms with Crippen molar-refractivity contribution in [2.75, 3.05) is 6.54 Å². The Kier molecular flexibility index (Phi) is 12.6. The van der Waals surface area contributed by atoms with E-state index < -0.39 is 0 Å². The minimum absolute atomic E-state index is 0.584. The molecular formula is C17H33BN2. The number of hydrogen-bond acceptors (Lipinski definition) is 2. The second-order valence-electron chi connectivity index (χ2n) is 5.38. The second kappa shape index (κ2) is 13.2. The third kappa shape index (κ3) is 10.0. The van der Waals surface area contributed by atoms with Crippen LogP contribution in [0, 0.1) is 0 Å². The number of rotatable bonds is 11. The summed E-state index contributed by atoms with van der Waals surface area (Å²) in [6, 6.07) is 0. The molecule has 0 atom stereocenters. The van der Waals surface area contributed by atoms with Gasteiger partial charge in [-0.25, -0.2) is 0 Å². The van der Waals surface area contributed by atoms with Gasteiger partial charge in [-0.15, -0.1) is 0 Å². The van der Waals surface area contributed by atoms with Gasteiger partial charge in [-0.2, -0.15) is 0 Å². The Morgan fingerprint density at radius 3 is 2.50 bits per heavy atom. The van der Waals surface area contributed by atoms with Crippen LogP contribution >= 0.6 is 0 Å². The normalized spacial score (nSPS) is 13.2. The summed E-state index contributed by atoms with van der Waals surface area (Å²) in [5.41, 5.74) is 2.47. The molecule has 0 rings (SSSR count). The van der Waals surface area contributed by atoms with E-state index in [0.29, 0.717) is 6.85 Å². The molecular weight excluding hydrogens is 243 g/mol. The summed E-state index contributed by atoms with van der Waals surface area (Å²) < 4.78 is 0. The van der Waals surface area contributed by atoms with Crippen LogP contribution in [0.25, 0.3) is 0 Å². The van der Waals surface area contributed by atoms with Gasteiger partial charge in [-0.3, -0.25) is 4.99 Å². The van der Waals surface area contributed by atoms with Gasteiger partial charge in [0.15, 0.2) is 0 Å². The van der Waals surface area contributed by atoms with E-state index in [1.807, 2.05) is 6.21 Å². The molecule has 0 bridgehead atoms. The van der Waals surface area contributed by atoms with Crippen molar-refractivity contribution >= 4 is 13.1 Å². The maximum Gasteiger partial charge on any atom is 0.217 e. The Hall–Kier alpha value is -0.825. The summed E-state index contributed by atoms with van der Waals surface area (Å²) in [7, 11) is 0. The highest BCUT2D eigenvalue weighted by molar-refractivity contribution is 6.54. The maximum absolute atomic E-state index is 4.58. The van der Waals surface area contributed by atoms with Crippen LogP contribution in [0.3, 0.4) is 0 Å². The van der Waals surface area contributed by atoms with E-state index in [4.69, 9.17) is 0 Å². The Labute approximate surface area is 126 Å². The fourth-order valence-electron chi connectivity index (χ4n) is 1.94. The summed E-state index contributed by atoms with van der Waals surface area (Å²) in [6.07, 6.45) is 13.6. The first-order chi connectivity index (χ1) is 9.67. The van der Waals surface area contributed by atoms with Crippen LogP contribution in [0.5, 0.6) is 0 Å². The molecule has 0 radical (unpaired) electrons. The predicted octanol–water partition coefficient (Wildman–Crippen LogP) is 5.11. The average molecular weight is 276 g/mol. The molecule has 0 saturated carbocycles. The van der Waals surface area contributed by atoms with Crippen LogP contribution in [0.4, 0.5) is 0 Å². The van der Waals surface area contributed by atoms with Gasteiger partial charge >= 0.3 is 0 Å². The molecule has 0 saturated heterocycles. The van der Waals surface area contributed by atoms with Crippen LogP contribution < -0.4 is 5.23 Å². The standard InChI is InChI=1S/C17H33BN2/c1-6-10-12-16(14-19-17(8-3)9-4)15-20-18(5)13-11-7-2/h8,12,14,20H,6-7,9-11,13,15H2,1-5H3/b16-12-,17-8-,19-14-. The molecule has 0 aromatic carbocycles. The Morgan fingerprint density at radius 1 is 1.20 bits per heavy atom. The number of allylic oxidation sites excluding steroid dienone is 3. The lowest BCUT2D eigenvalue weighted by molar-refractivity contribution is 0.857. The van der Waals surface area contributed by atoms with E-state index >= 15 is 0 Å². The molecule has 0 aliphatic heterocycles. The predicted molar refractivity (Wildman–Crippen MR) is 94.9 cm³/mol. The van der Waals surface area contributed by atoms with Crippen molar-refractivity contribution in [3.63, 3.8) is 0 Å². The maximum atomic E-state index is 4.58. The molecule has 0 aliphatic rings. The molecule has 0 heterocycles. The smallest absolute Gasteiger partial charge is 0.217 e.